The lowest BCUT2D eigenvalue weighted by Gasteiger charge is -2.14. The van der Waals surface area contributed by atoms with E-state index in [-0.39, 0.29) is 11.8 Å². The van der Waals surface area contributed by atoms with Crippen molar-refractivity contribution in [3.05, 3.63) is 68.2 Å². The summed E-state index contributed by atoms with van der Waals surface area (Å²) in [6, 6.07) is 11.5. The molecule has 0 saturated carbocycles. The van der Waals surface area contributed by atoms with Crippen LogP contribution in [0.5, 0.6) is 0 Å². The Labute approximate surface area is 172 Å². The number of hydrogen-bond donors (Lipinski definition) is 2. The van der Waals surface area contributed by atoms with Crippen molar-refractivity contribution in [2.75, 3.05) is 10.6 Å². The molecule has 6 heteroatoms. The molecule has 0 fully saturated rings. The van der Waals surface area contributed by atoms with Crippen LogP contribution in [0.1, 0.15) is 55.8 Å². The predicted octanol–water partition coefficient (Wildman–Crippen LogP) is 5.76. The standard InChI is InChI=1S/C22H22N2O2S2/c1-2-14-8-3-5-10-16(14)23-21(26)19-15-9-4-6-11-17(15)28-22(19)24-20(25)18-12-7-13-27-18/h3,5,7-8,10,12-13H,2,4,6,9,11H2,1H3,(H,23,26)(H,24,25). The fourth-order valence-corrected chi connectivity index (χ4v) is 5.50. The molecule has 4 rings (SSSR count). The van der Waals surface area contributed by atoms with E-state index in [1.165, 1.54) is 16.2 Å². The number of aryl methyl sites for hydroxylation is 2. The number of hydrogen-bond acceptors (Lipinski definition) is 4. The molecule has 1 aromatic carbocycles. The van der Waals surface area contributed by atoms with E-state index in [0.29, 0.717) is 15.4 Å². The number of para-hydroxylation sites is 1. The van der Waals surface area contributed by atoms with E-state index in [1.54, 1.807) is 17.4 Å². The highest BCUT2D eigenvalue weighted by molar-refractivity contribution is 7.17. The van der Waals surface area contributed by atoms with E-state index in [2.05, 4.69) is 17.6 Å². The zero-order chi connectivity index (χ0) is 19.5. The first-order chi connectivity index (χ1) is 13.7. The van der Waals surface area contributed by atoms with Gasteiger partial charge in [-0.25, -0.2) is 0 Å². The van der Waals surface area contributed by atoms with Gasteiger partial charge in [0.1, 0.15) is 5.00 Å². The maximum atomic E-state index is 13.3. The lowest BCUT2D eigenvalue weighted by Crippen LogP contribution is -2.19. The first-order valence-corrected chi connectivity index (χ1v) is 11.3. The molecule has 3 aromatic rings. The number of carbonyl (C=O) groups excluding carboxylic acids is 2. The molecular formula is C22H22N2O2S2. The summed E-state index contributed by atoms with van der Waals surface area (Å²) < 4.78 is 0. The van der Waals surface area contributed by atoms with Crippen LogP contribution in [-0.2, 0) is 19.3 Å². The number of rotatable bonds is 5. The fourth-order valence-electron chi connectivity index (χ4n) is 3.60. The summed E-state index contributed by atoms with van der Waals surface area (Å²) in [4.78, 5) is 27.7. The third-order valence-electron chi connectivity index (χ3n) is 5.02. The molecule has 0 spiro atoms. The highest BCUT2D eigenvalue weighted by atomic mass is 32.1. The Hall–Kier alpha value is -2.44. The van der Waals surface area contributed by atoms with Crippen molar-refractivity contribution in [2.45, 2.75) is 39.0 Å². The maximum Gasteiger partial charge on any atom is 0.266 e. The average molecular weight is 411 g/mol. The molecule has 0 saturated heterocycles. The summed E-state index contributed by atoms with van der Waals surface area (Å²) in [5.74, 6) is -0.293. The highest BCUT2D eigenvalue weighted by Gasteiger charge is 2.27. The summed E-state index contributed by atoms with van der Waals surface area (Å²) in [5.41, 5.74) is 3.67. The summed E-state index contributed by atoms with van der Waals surface area (Å²) >= 11 is 2.95. The van der Waals surface area contributed by atoms with Crippen molar-refractivity contribution in [1.82, 2.24) is 0 Å². The van der Waals surface area contributed by atoms with Gasteiger partial charge in [-0.3, -0.25) is 9.59 Å². The summed E-state index contributed by atoms with van der Waals surface area (Å²) in [6.07, 6.45) is 4.92. The van der Waals surface area contributed by atoms with E-state index in [1.807, 2.05) is 35.7 Å². The minimum atomic E-state index is -0.156. The van der Waals surface area contributed by atoms with Crippen molar-refractivity contribution in [3.63, 3.8) is 0 Å². The van der Waals surface area contributed by atoms with Crippen molar-refractivity contribution in [2.24, 2.45) is 0 Å². The SMILES string of the molecule is CCc1ccccc1NC(=O)c1c(NC(=O)c2cccs2)sc2c1CCCC2. The molecule has 1 aliphatic rings. The number of anilines is 2. The number of thiophene rings is 2. The molecule has 4 nitrogen and oxygen atoms in total. The quantitative estimate of drug-likeness (QED) is 0.562. The second-order valence-corrected chi connectivity index (χ2v) is 8.86. The van der Waals surface area contributed by atoms with E-state index in [0.717, 1.165) is 48.9 Å². The van der Waals surface area contributed by atoms with Crippen molar-refractivity contribution >= 4 is 45.2 Å². The Balaban J connectivity index is 1.67. The van der Waals surface area contributed by atoms with Gasteiger partial charge in [-0.15, -0.1) is 22.7 Å². The first-order valence-electron chi connectivity index (χ1n) is 9.56. The van der Waals surface area contributed by atoms with Crippen LogP contribution in [0, 0.1) is 0 Å². The van der Waals surface area contributed by atoms with Gasteiger partial charge in [-0.1, -0.05) is 31.2 Å². The molecule has 0 bridgehead atoms. The Bertz CT molecular complexity index is 1010. The lowest BCUT2D eigenvalue weighted by molar-refractivity contribution is 0.102. The zero-order valence-corrected chi connectivity index (χ0v) is 17.3. The van der Waals surface area contributed by atoms with Crippen LogP contribution >= 0.6 is 22.7 Å². The van der Waals surface area contributed by atoms with Gasteiger partial charge in [-0.05, 0) is 60.7 Å². The molecule has 0 aliphatic heterocycles. The normalized spacial score (nSPS) is 13.0. The molecule has 0 atom stereocenters. The number of carbonyl (C=O) groups is 2. The van der Waals surface area contributed by atoms with Gasteiger partial charge < -0.3 is 10.6 Å². The largest absolute Gasteiger partial charge is 0.322 e. The lowest BCUT2D eigenvalue weighted by atomic mass is 9.95. The monoisotopic (exact) mass is 410 g/mol. The van der Waals surface area contributed by atoms with Gasteiger partial charge in [0.05, 0.1) is 10.4 Å². The first kappa shape index (κ1) is 18.9. The van der Waals surface area contributed by atoms with Gasteiger partial charge in [0.15, 0.2) is 0 Å². The van der Waals surface area contributed by atoms with Crippen LogP contribution in [-0.4, -0.2) is 11.8 Å². The Morgan fingerprint density at radius 2 is 1.82 bits per heavy atom. The van der Waals surface area contributed by atoms with Gasteiger partial charge in [0, 0.05) is 10.6 Å². The van der Waals surface area contributed by atoms with Crippen molar-refractivity contribution in [3.8, 4) is 0 Å². The minimum Gasteiger partial charge on any atom is -0.322 e. The predicted molar refractivity (Wildman–Crippen MR) is 117 cm³/mol. The molecule has 2 amide bonds. The van der Waals surface area contributed by atoms with Gasteiger partial charge in [-0.2, -0.15) is 0 Å². The molecular weight excluding hydrogens is 388 g/mol. The highest BCUT2D eigenvalue weighted by Crippen LogP contribution is 2.39. The Kier molecular flexibility index (Phi) is 5.59. The molecule has 2 N–H and O–H groups in total. The topological polar surface area (TPSA) is 58.2 Å². The molecule has 1 aliphatic carbocycles. The third kappa shape index (κ3) is 3.75. The second kappa shape index (κ2) is 8.29. The zero-order valence-electron chi connectivity index (χ0n) is 15.7. The van der Waals surface area contributed by atoms with Gasteiger partial charge >= 0.3 is 0 Å². The van der Waals surface area contributed by atoms with Crippen LogP contribution in [0.2, 0.25) is 0 Å². The average Bonchev–Trinajstić information content (AvgIpc) is 3.36. The molecule has 28 heavy (non-hydrogen) atoms. The Morgan fingerprint density at radius 3 is 2.61 bits per heavy atom. The number of fused-ring (bicyclic) bond motifs is 1. The minimum absolute atomic E-state index is 0.137. The maximum absolute atomic E-state index is 13.3. The van der Waals surface area contributed by atoms with Gasteiger partial charge in [0.25, 0.3) is 11.8 Å². The van der Waals surface area contributed by atoms with Crippen LogP contribution < -0.4 is 10.6 Å². The van der Waals surface area contributed by atoms with E-state index in [9.17, 15) is 9.59 Å². The van der Waals surface area contributed by atoms with E-state index in [4.69, 9.17) is 0 Å². The number of benzene rings is 1. The van der Waals surface area contributed by atoms with Crippen LogP contribution in [0.15, 0.2) is 41.8 Å². The van der Waals surface area contributed by atoms with Gasteiger partial charge in [0.2, 0.25) is 0 Å². The third-order valence-corrected chi connectivity index (χ3v) is 7.09. The number of amides is 2. The summed E-state index contributed by atoms with van der Waals surface area (Å²) in [6.45, 7) is 2.07. The fraction of sp³-hybridized carbons (Fsp3) is 0.273. The van der Waals surface area contributed by atoms with Crippen LogP contribution in [0.3, 0.4) is 0 Å². The van der Waals surface area contributed by atoms with Crippen molar-refractivity contribution < 1.29 is 9.59 Å². The number of nitrogens with one attached hydrogen (secondary N) is 2. The second-order valence-electron chi connectivity index (χ2n) is 6.81. The van der Waals surface area contributed by atoms with Crippen molar-refractivity contribution in [1.29, 1.82) is 0 Å². The van der Waals surface area contributed by atoms with Crippen LogP contribution in [0.4, 0.5) is 10.7 Å². The summed E-state index contributed by atoms with van der Waals surface area (Å²) in [5, 5.41) is 8.62. The van der Waals surface area contributed by atoms with E-state index >= 15 is 0 Å². The summed E-state index contributed by atoms with van der Waals surface area (Å²) in [7, 11) is 0. The molecule has 0 unspecified atom stereocenters. The molecule has 0 radical (unpaired) electrons. The molecule has 2 aromatic heterocycles. The smallest absolute Gasteiger partial charge is 0.266 e. The van der Waals surface area contributed by atoms with E-state index < -0.39 is 0 Å². The Morgan fingerprint density at radius 1 is 1.00 bits per heavy atom. The molecule has 2 heterocycles. The van der Waals surface area contributed by atoms with Crippen LogP contribution in [0.25, 0.3) is 0 Å². The molecule has 144 valence electrons.